The van der Waals surface area contributed by atoms with Crippen LogP contribution in [0.3, 0.4) is 0 Å². The van der Waals surface area contributed by atoms with Crippen LogP contribution in [0.15, 0.2) is 222 Å². The van der Waals surface area contributed by atoms with Crippen molar-refractivity contribution in [2.24, 2.45) is 0 Å². The zero-order chi connectivity index (χ0) is 56.6. The first kappa shape index (κ1) is 54.1. The number of hydrogen-bond donors (Lipinski definition) is 2. The van der Waals surface area contributed by atoms with Gasteiger partial charge in [0.2, 0.25) is 17.5 Å². The van der Waals surface area contributed by atoms with Gasteiger partial charge in [-0.1, -0.05) is 146 Å². The SMILES string of the molecule is O=C(/C=C/c1ccc(F)cc1)OC[C@H]1O[C@@H](Oc2c(-c3ccc4c(c3)OC(c3ccccc3)(c3ccccc3)O4)oc3cc(OCc4ccccc4)cc(OCc4ccccc4)c3c2=O)[C@H](OC(=O)/C=C/c2ccc(F)cc2)[C@@H](O)[C@H]1O. The summed E-state index contributed by atoms with van der Waals surface area (Å²) in [4.78, 5) is 42.5. The van der Waals surface area contributed by atoms with Gasteiger partial charge in [0.15, 0.2) is 23.4 Å². The number of aliphatic hydroxyl groups excluding tert-OH is 2. The molecule has 0 amide bonds. The van der Waals surface area contributed by atoms with E-state index in [-0.39, 0.29) is 52.8 Å². The number of ether oxygens (including phenoxy) is 8. The van der Waals surface area contributed by atoms with E-state index in [1.54, 1.807) is 24.3 Å². The molecule has 2 N–H and O–H groups in total. The van der Waals surface area contributed by atoms with Crippen molar-refractivity contribution in [3.63, 3.8) is 0 Å². The van der Waals surface area contributed by atoms with Gasteiger partial charge in [0.05, 0.1) is 0 Å². The van der Waals surface area contributed by atoms with Crippen LogP contribution in [0, 0.1) is 11.6 Å². The van der Waals surface area contributed by atoms with E-state index in [0.717, 1.165) is 23.3 Å². The molecule has 2 aliphatic heterocycles. The van der Waals surface area contributed by atoms with Crippen LogP contribution in [-0.2, 0) is 42.8 Å². The number of esters is 2. The number of aliphatic hydroxyl groups is 2. The molecule has 16 heteroatoms. The first-order chi connectivity index (χ1) is 40.0. The second kappa shape index (κ2) is 24.2. The normalized spacial score (nSPS) is 18.1. The molecule has 3 heterocycles. The summed E-state index contributed by atoms with van der Waals surface area (Å²) in [5.74, 6) is -4.24. The number of hydrogen-bond acceptors (Lipinski definition) is 14. The largest absolute Gasteiger partial charge is 0.489 e. The van der Waals surface area contributed by atoms with Gasteiger partial charge in [0, 0.05) is 41.0 Å². The highest BCUT2D eigenvalue weighted by atomic mass is 19.1. The van der Waals surface area contributed by atoms with Gasteiger partial charge in [0.1, 0.15) is 72.2 Å². The lowest BCUT2D eigenvalue weighted by Crippen LogP contribution is -2.61. The molecule has 0 unspecified atom stereocenters. The molecule has 0 aliphatic carbocycles. The van der Waals surface area contributed by atoms with Crippen LogP contribution in [0.25, 0.3) is 34.4 Å². The van der Waals surface area contributed by atoms with Gasteiger partial charge < -0.3 is 52.5 Å². The van der Waals surface area contributed by atoms with Gasteiger partial charge in [-0.25, -0.2) is 18.4 Å². The van der Waals surface area contributed by atoms with Crippen LogP contribution in [0.4, 0.5) is 8.78 Å². The van der Waals surface area contributed by atoms with E-state index in [2.05, 4.69) is 0 Å². The summed E-state index contributed by atoms with van der Waals surface area (Å²) in [6.07, 6.45) is -4.55. The molecule has 2 aliphatic rings. The lowest BCUT2D eigenvalue weighted by Gasteiger charge is -2.41. The number of halogens is 2. The van der Waals surface area contributed by atoms with Crippen LogP contribution in [0.5, 0.6) is 28.7 Å². The van der Waals surface area contributed by atoms with Crippen molar-refractivity contribution in [1.82, 2.24) is 0 Å². The van der Waals surface area contributed by atoms with E-state index in [1.165, 1.54) is 66.7 Å². The summed E-state index contributed by atoms with van der Waals surface area (Å²) in [6.45, 7) is -0.547. The first-order valence-corrected chi connectivity index (χ1v) is 26.0. The fourth-order valence-corrected chi connectivity index (χ4v) is 9.32. The molecular formula is C66H50F2O14. The molecule has 1 saturated heterocycles. The van der Waals surface area contributed by atoms with Crippen molar-refractivity contribution in [3.05, 3.63) is 268 Å². The topological polar surface area (TPSA) is 179 Å². The highest BCUT2D eigenvalue weighted by molar-refractivity contribution is 5.90. The third-order valence-electron chi connectivity index (χ3n) is 13.5. The fourth-order valence-electron chi connectivity index (χ4n) is 9.32. The standard InChI is InChI=1S/C66H50F2O14/c67-48-28-21-41(22-29-48)25-33-56(69)76-40-55-59(71)61(73)64(79-57(70)34-26-42-23-30-49(68)31-24-42)65(78-55)80-63-60(72)58-53(75-39-44-15-7-2-8-16-44)36-50(74-38-43-13-5-1-6-14-43)37-54(58)77-62(63)45-27-32-51-52(35-45)82-66(81-51,46-17-9-3-10-18-46)47-19-11-4-12-20-47/h1-37,55,59,61,64-65,71,73H,38-40H2/b33-25+,34-26+/t55-,59+,61+,64-,65+/m1/s1. The van der Waals surface area contributed by atoms with E-state index < -0.39 is 77.9 Å². The lowest BCUT2D eigenvalue weighted by atomic mass is 9.97. The van der Waals surface area contributed by atoms with Crippen LogP contribution >= 0.6 is 0 Å². The van der Waals surface area contributed by atoms with Gasteiger partial charge in [0.25, 0.3) is 0 Å². The second-order valence-electron chi connectivity index (χ2n) is 19.1. The molecule has 0 bridgehead atoms. The molecule has 1 fully saturated rings. The highest BCUT2D eigenvalue weighted by Crippen LogP contribution is 2.50. The molecule has 11 rings (SSSR count). The Morgan fingerprint density at radius 2 is 1.15 bits per heavy atom. The van der Waals surface area contributed by atoms with Gasteiger partial charge in [-0.15, -0.1) is 0 Å². The Bertz CT molecular complexity index is 3780. The zero-order valence-corrected chi connectivity index (χ0v) is 43.4. The quantitative estimate of drug-likeness (QED) is 0.0612. The molecule has 9 aromatic rings. The summed E-state index contributed by atoms with van der Waals surface area (Å²) in [6, 6.07) is 55.9. The smallest absolute Gasteiger partial charge is 0.331 e. The zero-order valence-electron chi connectivity index (χ0n) is 43.4. The molecule has 5 atom stereocenters. The second-order valence-corrected chi connectivity index (χ2v) is 19.1. The number of benzene rings is 8. The maximum Gasteiger partial charge on any atom is 0.331 e. The van der Waals surface area contributed by atoms with Gasteiger partial charge in [-0.3, -0.25) is 4.79 Å². The number of rotatable bonds is 18. The number of carbonyl (C=O) groups excluding carboxylic acids is 2. The van der Waals surface area contributed by atoms with Crippen molar-refractivity contribution in [1.29, 1.82) is 0 Å². The average molecular weight is 1110 g/mol. The number of carbonyl (C=O) groups is 2. The molecule has 82 heavy (non-hydrogen) atoms. The Morgan fingerprint density at radius 1 is 0.598 bits per heavy atom. The third-order valence-corrected chi connectivity index (χ3v) is 13.5. The summed E-state index contributed by atoms with van der Waals surface area (Å²) in [5.41, 5.74) is 3.27. The van der Waals surface area contributed by atoms with Crippen molar-refractivity contribution < 1.29 is 70.9 Å². The molecule has 1 aromatic heterocycles. The Hall–Kier alpha value is -9.87. The summed E-state index contributed by atoms with van der Waals surface area (Å²) < 4.78 is 84.6. The van der Waals surface area contributed by atoms with Crippen molar-refractivity contribution in [2.45, 2.75) is 49.7 Å². The predicted molar refractivity (Wildman–Crippen MR) is 297 cm³/mol. The van der Waals surface area contributed by atoms with E-state index >= 15 is 4.79 Å². The fraction of sp³-hybridized carbons (Fsp3) is 0.136. The Labute approximate surface area is 468 Å². The van der Waals surface area contributed by atoms with Crippen LogP contribution < -0.4 is 29.1 Å². The van der Waals surface area contributed by atoms with Crippen molar-refractivity contribution >= 4 is 35.1 Å². The maximum atomic E-state index is 15.7. The van der Waals surface area contributed by atoms with Gasteiger partial charge in [-0.05, 0) is 76.9 Å². The van der Waals surface area contributed by atoms with E-state index in [9.17, 15) is 28.6 Å². The molecule has 0 saturated carbocycles. The molecule has 412 valence electrons. The van der Waals surface area contributed by atoms with Crippen LogP contribution in [0.1, 0.15) is 33.4 Å². The number of fused-ring (bicyclic) bond motifs is 2. The minimum Gasteiger partial charge on any atom is -0.489 e. The molecule has 14 nitrogen and oxygen atoms in total. The Kier molecular flexibility index (Phi) is 16.0. The first-order valence-electron chi connectivity index (χ1n) is 26.0. The van der Waals surface area contributed by atoms with Crippen LogP contribution in [-0.4, -0.2) is 59.5 Å². The van der Waals surface area contributed by atoms with E-state index in [0.29, 0.717) is 28.0 Å². The summed E-state index contributed by atoms with van der Waals surface area (Å²) in [5, 5.41) is 23.4. The van der Waals surface area contributed by atoms with Gasteiger partial charge >= 0.3 is 17.7 Å². The van der Waals surface area contributed by atoms with Crippen molar-refractivity contribution in [2.75, 3.05) is 6.61 Å². The Balaban J connectivity index is 1.02. The molecule has 8 aromatic carbocycles. The van der Waals surface area contributed by atoms with E-state index in [1.807, 2.05) is 121 Å². The highest BCUT2D eigenvalue weighted by Gasteiger charge is 2.50. The lowest BCUT2D eigenvalue weighted by molar-refractivity contribution is -0.282. The Morgan fingerprint density at radius 3 is 1.74 bits per heavy atom. The molecule has 0 radical (unpaired) electrons. The third kappa shape index (κ3) is 12.1. The van der Waals surface area contributed by atoms with Gasteiger partial charge in [-0.2, -0.15) is 0 Å². The minimum atomic E-state index is -2.01. The van der Waals surface area contributed by atoms with Crippen LogP contribution in [0.2, 0.25) is 0 Å². The molecule has 0 spiro atoms. The predicted octanol–water partition coefficient (Wildman–Crippen LogP) is 11.3. The van der Waals surface area contributed by atoms with E-state index in [4.69, 9.17) is 42.3 Å². The summed E-state index contributed by atoms with van der Waals surface area (Å²) in [7, 11) is 0. The molecular weight excluding hydrogens is 1050 g/mol. The van der Waals surface area contributed by atoms with Crippen molar-refractivity contribution in [3.8, 4) is 40.1 Å². The average Bonchev–Trinajstić information content (AvgIpc) is 2.67. The minimum absolute atomic E-state index is 0.000963. The monoisotopic (exact) mass is 1100 g/mol. The summed E-state index contributed by atoms with van der Waals surface area (Å²) >= 11 is 0. The maximum absolute atomic E-state index is 15.7.